The molecule has 0 N–H and O–H groups in total. The summed E-state index contributed by atoms with van der Waals surface area (Å²) < 4.78 is 212. The minimum absolute atomic E-state index is 0.172. The van der Waals surface area contributed by atoms with Gasteiger partial charge in [0, 0.05) is 61.4 Å². The van der Waals surface area contributed by atoms with Crippen LogP contribution in [0.1, 0.15) is 148 Å². The Bertz CT molecular complexity index is 2210. The van der Waals surface area contributed by atoms with Crippen molar-refractivity contribution in [2.45, 2.75) is 152 Å². The number of hydrogen-bond donors (Lipinski definition) is 0. The Labute approximate surface area is 306 Å². The molecule has 0 amide bonds. The number of fused-ring (bicyclic) bond motifs is 7. The first-order valence-electron chi connectivity index (χ1n) is 25.2. The highest BCUT2D eigenvalue weighted by Gasteiger charge is 2.86. The number of Topliss-reactive ketones (excluding diaryl/α,β-unsaturated/α-hetero) is 1. The van der Waals surface area contributed by atoms with Gasteiger partial charge < -0.3 is 18.9 Å². The standard InChI is InChI=1S/C40H64O6/c1-16-17-23(4)34-45-30-21-29-37(13)19-18-27-20-28(41)24(5)25(6)38(27,35(8,9)10)31(37)33(44-15)36(11,12)39(29,22(2)3)40(30,46-34)32(42)26(7)43-14/h20,22-23,26,29-31,33-34H,16-19,21H2,1-15H3/t23?,26?,29-,30+,31-,33+,34?,37-,38+,39+,40-/m0/s1/i16D2,17D2,18D2,19D2,20D,21D2,22D,23D,26D,29D,30D,31D,33D,34D. The van der Waals surface area contributed by atoms with Crippen LogP contribution < -0.4 is 0 Å². The number of ketones is 2. The van der Waals surface area contributed by atoms with E-state index in [9.17, 15) is 25.4 Å². The lowest BCUT2D eigenvalue weighted by molar-refractivity contribution is -0.310. The summed E-state index contributed by atoms with van der Waals surface area (Å²) in [4.78, 5) is 30.1. The summed E-state index contributed by atoms with van der Waals surface area (Å²) >= 11 is 0. The van der Waals surface area contributed by atoms with Crippen LogP contribution in [0.15, 0.2) is 22.8 Å². The Morgan fingerprint density at radius 2 is 1.85 bits per heavy atom. The number of methoxy groups -OCH3 is 2. The van der Waals surface area contributed by atoms with E-state index < -0.39 is 136 Å². The van der Waals surface area contributed by atoms with Crippen LogP contribution in [-0.4, -0.2) is 55.9 Å². The normalized spacial score (nSPS) is 62.8. The van der Waals surface area contributed by atoms with Gasteiger partial charge in [-0.25, -0.2) is 0 Å². The number of ether oxygens (including phenoxy) is 4. The van der Waals surface area contributed by atoms with Crippen molar-refractivity contribution in [3.63, 3.8) is 0 Å². The third kappa shape index (κ3) is 4.02. The SMILES string of the molecule is [2H]C1=C2C([2H])([2H])C([2H])([2H])[C@@]3(C)[C@]4([2H])C([2H])([2H])[C@@]5([2H])OC([2H])(C([2H])(C)C([2H])([2H])C([2H])([2H])C)O[C@@]5(C(=O)C([2H])(C)OC)[C@@]4(C([2H])(C)C)C(C)(C)[C@]([2H])(OC)[C@]3([2H])[C@@]2(C(C)(C)C)C(C)=C(C)C1=O. The topological polar surface area (TPSA) is 71.1 Å². The average molecular weight is 660 g/mol. The van der Waals surface area contributed by atoms with Crippen LogP contribution in [0.3, 0.4) is 0 Å². The Balaban J connectivity index is 2.32. The van der Waals surface area contributed by atoms with Crippen LogP contribution in [0.5, 0.6) is 0 Å². The highest BCUT2D eigenvalue weighted by Crippen LogP contribution is 2.82. The third-order valence-electron chi connectivity index (χ3n) is 11.2. The van der Waals surface area contributed by atoms with E-state index in [1.807, 2.05) is 0 Å². The molecule has 5 rings (SSSR count). The lowest BCUT2D eigenvalue weighted by Gasteiger charge is -2.75. The number of hydrogen-bond acceptors (Lipinski definition) is 6. The maximum atomic E-state index is 16.1. The molecule has 6 nitrogen and oxygen atoms in total. The molecule has 1 aliphatic heterocycles. The Hall–Kier alpha value is -1.34. The Morgan fingerprint density at radius 3 is 2.37 bits per heavy atom. The van der Waals surface area contributed by atoms with Crippen LogP contribution in [0.25, 0.3) is 0 Å². The van der Waals surface area contributed by atoms with Gasteiger partial charge in [0.15, 0.2) is 23.4 Å². The first-order chi connectivity index (χ1) is 28.2. The zero-order valence-corrected chi connectivity index (χ0v) is 29.9. The lowest BCUT2D eigenvalue weighted by atomic mass is 9.30. The van der Waals surface area contributed by atoms with Crippen molar-refractivity contribution in [3.05, 3.63) is 22.8 Å². The monoisotopic (exact) mass is 660 g/mol. The van der Waals surface area contributed by atoms with Gasteiger partial charge in [-0.2, -0.15) is 0 Å². The van der Waals surface area contributed by atoms with Crippen molar-refractivity contribution < 1.29 is 54.6 Å². The predicted molar refractivity (Wildman–Crippen MR) is 182 cm³/mol. The van der Waals surface area contributed by atoms with Gasteiger partial charge >= 0.3 is 0 Å². The Kier molecular flexibility index (Phi) is 4.59. The molecule has 5 aliphatic rings. The maximum Gasteiger partial charge on any atom is 0.196 e. The van der Waals surface area contributed by atoms with Gasteiger partial charge in [0.05, 0.1) is 19.0 Å². The van der Waals surface area contributed by atoms with E-state index in [4.69, 9.17) is 24.4 Å². The van der Waals surface area contributed by atoms with E-state index in [1.165, 1.54) is 34.6 Å². The lowest BCUT2D eigenvalue weighted by Crippen LogP contribution is -2.77. The number of carbonyl (C=O) groups excluding carboxylic acids is 2. The van der Waals surface area contributed by atoms with Crippen LogP contribution in [0.4, 0.5) is 0 Å². The van der Waals surface area contributed by atoms with Gasteiger partial charge in [0.1, 0.15) is 6.08 Å². The van der Waals surface area contributed by atoms with Gasteiger partial charge in [-0.05, 0) is 80.5 Å². The first kappa shape index (κ1) is 18.6. The van der Waals surface area contributed by atoms with Gasteiger partial charge in [-0.15, -0.1) is 0 Å². The maximum absolute atomic E-state index is 16.1. The van der Waals surface area contributed by atoms with Gasteiger partial charge in [-0.3, -0.25) is 9.59 Å². The fraction of sp³-hybridized carbons (Fsp3) is 0.850. The summed E-state index contributed by atoms with van der Waals surface area (Å²) in [6.07, 6.45) is -33.3. The molecule has 11 atom stereocenters. The predicted octanol–water partition coefficient (Wildman–Crippen LogP) is 8.52. The molecule has 0 radical (unpaired) electrons. The van der Waals surface area contributed by atoms with Crippen molar-refractivity contribution in [2.75, 3.05) is 14.2 Å². The van der Waals surface area contributed by atoms with Crippen molar-refractivity contribution in [1.82, 2.24) is 0 Å². The van der Waals surface area contributed by atoms with E-state index in [1.54, 1.807) is 0 Å². The van der Waals surface area contributed by atoms with Crippen molar-refractivity contribution in [3.8, 4) is 0 Å². The molecule has 4 aliphatic carbocycles. The van der Waals surface area contributed by atoms with Gasteiger partial charge in [-0.1, -0.05) is 86.8 Å². The number of rotatable bonds is 8. The molecule has 0 aromatic rings. The van der Waals surface area contributed by atoms with E-state index in [-0.39, 0.29) is 11.1 Å². The van der Waals surface area contributed by atoms with E-state index in [0.717, 1.165) is 55.8 Å². The fourth-order valence-corrected chi connectivity index (χ4v) is 9.39. The summed E-state index contributed by atoms with van der Waals surface area (Å²) in [7, 11) is 1.73. The Morgan fingerprint density at radius 1 is 1.22 bits per heavy atom. The molecule has 3 unspecified atom stereocenters. The van der Waals surface area contributed by atoms with Crippen molar-refractivity contribution in [2.24, 2.45) is 50.7 Å². The molecular weight excluding hydrogens is 576 g/mol. The number of allylic oxidation sites excluding steroid dienone is 4. The molecule has 3 saturated carbocycles. The van der Waals surface area contributed by atoms with E-state index >= 15 is 4.79 Å². The number of carbonyl (C=O) groups is 2. The average Bonchev–Trinajstić information content (AvgIpc) is 3.44. The molecule has 0 aromatic heterocycles. The molecule has 0 bridgehead atoms. The molecular formula is C40H64O6. The molecule has 1 heterocycles. The smallest absolute Gasteiger partial charge is 0.196 e. The summed E-state index contributed by atoms with van der Waals surface area (Å²) in [6, 6.07) is -1.08. The quantitative estimate of drug-likeness (QED) is 0.260. The van der Waals surface area contributed by atoms with Crippen molar-refractivity contribution >= 4 is 11.6 Å². The summed E-state index contributed by atoms with van der Waals surface area (Å²) in [5.74, 6) is -16.8. The van der Waals surface area contributed by atoms with Crippen LogP contribution in [0, 0.1) is 50.7 Å². The molecule has 6 heteroatoms. The van der Waals surface area contributed by atoms with E-state index in [0.29, 0.717) is 13.8 Å². The first-order valence-corrected chi connectivity index (χ1v) is 15.7. The van der Waals surface area contributed by atoms with Gasteiger partial charge in [0.25, 0.3) is 0 Å². The minimum Gasteiger partial charge on any atom is -0.381 e. The fourth-order valence-electron chi connectivity index (χ4n) is 9.39. The highest BCUT2D eigenvalue weighted by molar-refractivity contribution is 6.06. The molecule has 0 aromatic carbocycles. The second-order valence-electron chi connectivity index (χ2n) is 14.8. The molecule has 46 heavy (non-hydrogen) atoms. The van der Waals surface area contributed by atoms with Crippen LogP contribution >= 0.6 is 0 Å². The van der Waals surface area contributed by atoms with Crippen LogP contribution in [-0.2, 0) is 28.5 Å². The third-order valence-corrected chi connectivity index (χ3v) is 11.2. The molecule has 260 valence electrons. The summed E-state index contributed by atoms with van der Waals surface area (Å²) in [6.45, 7) is 14.0. The zero-order chi connectivity index (χ0) is 51.8. The summed E-state index contributed by atoms with van der Waals surface area (Å²) in [5, 5.41) is 0. The van der Waals surface area contributed by atoms with Crippen molar-refractivity contribution in [1.29, 1.82) is 0 Å². The van der Waals surface area contributed by atoms with E-state index in [2.05, 4.69) is 0 Å². The second kappa shape index (κ2) is 11.4. The zero-order valence-electron chi connectivity index (χ0n) is 48.9. The minimum atomic E-state index is -4.27. The van der Waals surface area contributed by atoms with Gasteiger partial charge in [0.2, 0.25) is 0 Å². The molecule has 4 fully saturated rings. The highest BCUT2D eigenvalue weighted by atomic mass is 16.7. The molecule has 0 spiro atoms. The summed E-state index contributed by atoms with van der Waals surface area (Å²) in [5.41, 5.74) is -19.9. The molecule has 1 saturated heterocycles. The second-order valence-corrected chi connectivity index (χ2v) is 14.8. The van der Waals surface area contributed by atoms with Crippen LogP contribution in [0.2, 0.25) is 0 Å². The largest absolute Gasteiger partial charge is 0.381 e.